The zero-order valence-corrected chi connectivity index (χ0v) is 11.8. The molecule has 0 aliphatic rings. The van der Waals surface area contributed by atoms with E-state index < -0.39 is 0 Å². The van der Waals surface area contributed by atoms with Crippen molar-refractivity contribution in [3.05, 3.63) is 46.3 Å². The summed E-state index contributed by atoms with van der Waals surface area (Å²) in [5.74, 6) is 3.89. The van der Waals surface area contributed by atoms with E-state index in [0.29, 0.717) is 0 Å². The SMILES string of the molecule is CCc1ccc(C(NC)c2c(C)oc(C)c2C)o1. The molecule has 1 N–H and O–H groups in total. The number of furan rings is 2. The number of nitrogens with one attached hydrogen (secondary N) is 1. The fraction of sp³-hybridized carbons (Fsp3) is 0.467. The van der Waals surface area contributed by atoms with Gasteiger partial charge in [0.1, 0.15) is 23.0 Å². The van der Waals surface area contributed by atoms with Crippen molar-refractivity contribution in [1.29, 1.82) is 0 Å². The molecule has 0 aliphatic heterocycles. The topological polar surface area (TPSA) is 38.3 Å². The van der Waals surface area contributed by atoms with E-state index in [2.05, 4.69) is 19.2 Å². The first kappa shape index (κ1) is 13.0. The third-order valence-corrected chi connectivity index (χ3v) is 3.51. The molecule has 0 aliphatic carbocycles. The van der Waals surface area contributed by atoms with Gasteiger partial charge in [-0.3, -0.25) is 0 Å². The van der Waals surface area contributed by atoms with Gasteiger partial charge < -0.3 is 14.2 Å². The van der Waals surface area contributed by atoms with Crippen LogP contribution in [0.4, 0.5) is 0 Å². The predicted molar refractivity (Wildman–Crippen MR) is 71.9 cm³/mol. The minimum absolute atomic E-state index is 0.0581. The van der Waals surface area contributed by atoms with Crippen LogP contribution in [0.3, 0.4) is 0 Å². The fourth-order valence-corrected chi connectivity index (χ4v) is 2.40. The summed E-state index contributed by atoms with van der Waals surface area (Å²) < 4.78 is 11.6. The number of hydrogen-bond acceptors (Lipinski definition) is 3. The minimum atomic E-state index is 0.0581. The van der Waals surface area contributed by atoms with E-state index in [1.165, 1.54) is 11.1 Å². The Morgan fingerprint density at radius 3 is 2.28 bits per heavy atom. The van der Waals surface area contributed by atoms with Crippen LogP contribution in [-0.2, 0) is 6.42 Å². The maximum absolute atomic E-state index is 5.86. The van der Waals surface area contributed by atoms with Gasteiger partial charge in [0.2, 0.25) is 0 Å². The third-order valence-electron chi connectivity index (χ3n) is 3.51. The van der Waals surface area contributed by atoms with Crippen molar-refractivity contribution in [3.63, 3.8) is 0 Å². The molecule has 0 saturated heterocycles. The molecule has 1 atom stereocenters. The molecular formula is C15H21NO2. The average Bonchev–Trinajstić information content (AvgIpc) is 2.91. The summed E-state index contributed by atoms with van der Waals surface area (Å²) in [6.07, 6.45) is 0.915. The molecule has 0 amide bonds. The van der Waals surface area contributed by atoms with Crippen LogP contribution in [0.25, 0.3) is 0 Å². The third kappa shape index (κ3) is 2.10. The van der Waals surface area contributed by atoms with E-state index in [9.17, 15) is 0 Å². The zero-order valence-electron chi connectivity index (χ0n) is 11.8. The highest BCUT2D eigenvalue weighted by atomic mass is 16.3. The summed E-state index contributed by atoms with van der Waals surface area (Å²) in [4.78, 5) is 0. The summed E-state index contributed by atoms with van der Waals surface area (Å²) in [6, 6.07) is 4.14. The zero-order chi connectivity index (χ0) is 13.3. The Labute approximate surface area is 108 Å². The summed E-state index contributed by atoms with van der Waals surface area (Å²) >= 11 is 0. The van der Waals surface area contributed by atoms with Gasteiger partial charge in [-0.25, -0.2) is 0 Å². The number of aryl methyl sites for hydroxylation is 3. The Morgan fingerprint density at radius 1 is 1.11 bits per heavy atom. The summed E-state index contributed by atoms with van der Waals surface area (Å²) in [7, 11) is 1.94. The van der Waals surface area contributed by atoms with Crippen LogP contribution in [0.1, 0.15) is 47.1 Å². The van der Waals surface area contributed by atoms with Gasteiger partial charge in [-0.2, -0.15) is 0 Å². The first-order valence-corrected chi connectivity index (χ1v) is 6.40. The van der Waals surface area contributed by atoms with Gasteiger partial charge in [-0.1, -0.05) is 6.92 Å². The molecule has 98 valence electrons. The van der Waals surface area contributed by atoms with Gasteiger partial charge in [-0.05, 0) is 45.5 Å². The smallest absolute Gasteiger partial charge is 0.125 e. The van der Waals surface area contributed by atoms with Crippen molar-refractivity contribution in [2.24, 2.45) is 0 Å². The Morgan fingerprint density at radius 2 is 1.83 bits per heavy atom. The second kappa shape index (κ2) is 5.02. The molecular weight excluding hydrogens is 226 g/mol. The Balaban J connectivity index is 2.44. The summed E-state index contributed by atoms with van der Waals surface area (Å²) in [5.41, 5.74) is 2.38. The average molecular weight is 247 g/mol. The highest BCUT2D eigenvalue weighted by Gasteiger charge is 2.23. The van der Waals surface area contributed by atoms with E-state index in [1.54, 1.807) is 0 Å². The molecule has 1 unspecified atom stereocenters. The molecule has 0 bridgehead atoms. The standard InChI is InChI=1S/C15H21NO2/c1-6-12-7-8-13(18-12)15(16-5)14-9(2)10(3)17-11(14)4/h7-8,15-16H,6H2,1-5H3. The van der Waals surface area contributed by atoms with Crippen molar-refractivity contribution in [3.8, 4) is 0 Å². The Bertz CT molecular complexity index is 537. The van der Waals surface area contributed by atoms with Crippen molar-refractivity contribution in [1.82, 2.24) is 5.32 Å². The monoisotopic (exact) mass is 247 g/mol. The van der Waals surface area contributed by atoms with Crippen LogP contribution < -0.4 is 5.32 Å². The van der Waals surface area contributed by atoms with Crippen LogP contribution in [0.5, 0.6) is 0 Å². The maximum Gasteiger partial charge on any atom is 0.125 e. The van der Waals surface area contributed by atoms with Crippen LogP contribution >= 0.6 is 0 Å². The molecule has 3 heteroatoms. The number of hydrogen-bond donors (Lipinski definition) is 1. The van der Waals surface area contributed by atoms with Gasteiger partial charge in [-0.15, -0.1) is 0 Å². The number of rotatable bonds is 4. The molecule has 0 saturated carbocycles. The summed E-state index contributed by atoms with van der Waals surface area (Å²) in [5, 5.41) is 3.31. The van der Waals surface area contributed by atoms with E-state index in [0.717, 1.165) is 29.5 Å². The predicted octanol–water partition coefficient (Wildman–Crippen LogP) is 3.67. The molecule has 2 heterocycles. The normalized spacial score (nSPS) is 12.9. The highest BCUT2D eigenvalue weighted by molar-refractivity contribution is 5.38. The van der Waals surface area contributed by atoms with Gasteiger partial charge in [0, 0.05) is 12.0 Å². The van der Waals surface area contributed by atoms with E-state index in [4.69, 9.17) is 8.83 Å². The lowest BCUT2D eigenvalue weighted by Crippen LogP contribution is -2.18. The van der Waals surface area contributed by atoms with Gasteiger partial charge >= 0.3 is 0 Å². The molecule has 2 aromatic heterocycles. The fourth-order valence-electron chi connectivity index (χ4n) is 2.40. The molecule has 2 aromatic rings. The lowest BCUT2D eigenvalue weighted by atomic mass is 10.0. The van der Waals surface area contributed by atoms with E-state index >= 15 is 0 Å². The molecule has 18 heavy (non-hydrogen) atoms. The summed E-state index contributed by atoms with van der Waals surface area (Å²) in [6.45, 7) is 8.19. The van der Waals surface area contributed by atoms with Crippen LogP contribution in [0.15, 0.2) is 21.0 Å². The van der Waals surface area contributed by atoms with Gasteiger partial charge in [0.05, 0.1) is 6.04 Å². The lowest BCUT2D eigenvalue weighted by Gasteiger charge is -2.14. The van der Waals surface area contributed by atoms with Crippen molar-refractivity contribution >= 4 is 0 Å². The van der Waals surface area contributed by atoms with Crippen LogP contribution in [0.2, 0.25) is 0 Å². The maximum atomic E-state index is 5.86. The minimum Gasteiger partial charge on any atom is -0.466 e. The molecule has 0 spiro atoms. The van der Waals surface area contributed by atoms with Crippen molar-refractivity contribution < 1.29 is 8.83 Å². The van der Waals surface area contributed by atoms with Gasteiger partial charge in [0.15, 0.2) is 0 Å². The quantitative estimate of drug-likeness (QED) is 0.895. The first-order chi connectivity index (χ1) is 8.58. The lowest BCUT2D eigenvalue weighted by molar-refractivity contribution is 0.428. The second-order valence-electron chi connectivity index (χ2n) is 4.63. The van der Waals surface area contributed by atoms with Crippen LogP contribution in [-0.4, -0.2) is 7.05 Å². The molecule has 0 radical (unpaired) electrons. The van der Waals surface area contributed by atoms with Crippen molar-refractivity contribution in [2.45, 2.75) is 40.2 Å². The highest BCUT2D eigenvalue weighted by Crippen LogP contribution is 2.32. The van der Waals surface area contributed by atoms with E-state index in [-0.39, 0.29) is 6.04 Å². The van der Waals surface area contributed by atoms with Crippen molar-refractivity contribution in [2.75, 3.05) is 7.05 Å². The largest absolute Gasteiger partial charge is 0.466 e. The Kier molecular flexibility index (Phi) is 3.62. The molecule has 0 aromatic carbocycles. The first-order valence-electron chi connectivity index (χ1n) is 6.40. The molecule has 2 rings (SSSR count). The van der Waals surface area contributed by atoms with Crippen LogP contribution in [0, 0.1) is 20.8 Å². The Hall–Kier alpha value is -1.48. The molecule has 3 nitrogen and oxygen atoms in total. The molecule has 0 fully saturated rings. The van der Waals surface area contributed by atoms with Gasteiger partial charge in [0.25, 0.3) is 0 Å². The van der Waals surface area contributed by atoms with E-state index in [1.807, 2.05) is 33.0 Å². The second-order valence-corrected chi connectivity index (χ2v) is 4.63.